The van der Waals surface area contributed by atoms with E-state index in [9.17, 15) is 28.6 Å². The molecule has 0 heterocycles. The van der Waals surface area contributed by atoms with Crippen molar-refractivity contribution in [2.24, 2.45) is 0 Å². The summed E-state index contributed by atoms with van der Waals surface area (Å²) in [7, 11) is 0. The number of benzene rings is 2. The predicted octanol–water partition coefficient (Wildman–Crippen LogP) is 3.80. The lowest BCUT2D eigenvalue weighted by Gasteiger charge is -2.25. The highest BCUT2D eigenvalue weighted by molar-refractivity contribution is 6.33. The first-order chi connectivity index (χ1) is 13.3. The van der Waals surface area contributed by atoms with Gasteiger partial charge in [0.25, 0.3) is 0 Å². The van der Waals surface area contributed by atoms with Gasteiger partial charge in [-0.3, -0.25) is 9.59 Å². The Hall–Kier alpha value is -3.16. The van der Waals surface area contributed by atoms with Gasteiger partial charge < -0.3 is 20.8 Å². The number of phenolic OH excluding ortho intramolecular Hbond substituents is 2. The van der Waals surface area contributed by atoms with Gasteiger partial charge in [0.2, 0.25) is 11.6 Å². The van der Waals surface area contributed by atoms with Gasteiger partial charge in [0, 0.05) is 36.6 Å². The maximum Gasteiger partial charge on any atom is 0.200 e. The van der Waals surface area contributed by atoms with Crippen molar-refractivity contribution in [3.63, 3.8) is 0 Å². The Morgan fingerprint density at radius 1 is 0.750 bits per heavy atom. The monoisotopic (exact) mass is 390 g/mol. The summed E-state index contributed by atoms with van der Waals surface area (Å²) in [4.78, 5) is 26.2. The molecule has 0 radical (unpaired) electrons. The molecule has 2 aromatic rings. The van der Waals surface area contributed by atoms with Gasteiger partial charge in [-0.2, -0.15) is 0 Å². The second-order valence-electron chi connectivity index (χ2n) is 6.52. The predicted molar refractivity (Wildman–Crippen MR) is 101 cm³/mol. The third-order valence-electron chi connectivity index (χ3n) is 4.55. The van der Waals surface area contributed by atoms with Crippen molar-refractivity contribution in [2.45, 2.75) is 26.7 Å². The summed E-state index contributed by atoms with van der Waals surface area (Å²) in [6.07, 6.45) is 1.31. The van der Waals surface area contributed by atoms with Crippen LogP contribution in [0.2, 0.25) is 0 Å². The van der Waals surface area contributed by atoms with Crippen molar-refractivity contribution < 1.29 is 28.6 Å². The number of halogens is 2. The third kappa shape index (κ3) is 2.94. The van der Waals surface area contributed by atoms with Crippen molar-refractivity contribution >= 4 is 22.9 Å². The summed E-state index contributed by atoms with van der Waals surface area (Å²) in [5.41, 5.74) is -1.56. The summed E-state index contributed by atoms with van der Waals surface area (Å²) >= 11 is 0. The Bertz CT molecular complexity index is 910. The minimum Gasteiger partial charge on any atom is -0.504 e. The molecule has 0 unspecified atom stereocenters. The van der Waals surface area contributed by atoms with Crippen LogP contribution in [0.25, 0.3) is 0 Å². The van der Waals surface area contributed by atoms with Crippen LogP contribution in [0, 0.1) is 11.6 Å². The van der Waals surface area contributed by atoms with Gasteiger partial charge in [0.05, 0.1) is 22.3 Å². The van der Waals surface area contributed by atoms with Gasteiger partial charge in [0.1, 0.15) is 0 Å². The molecule has 0 atom stereocenters. The van der Waals surface area contributed by atoms with Crippen LogP contribution in [0.1, 0.15) is 58.5 Å². The van der Waals surface area contributed by atoms with Crippen molar-refractivity contribution in [1.82, 2.24) is 0 Å². The molecule has 0 aromatic heterocycles. The quantitative estimate of drug-likeness (QED) is 0.478. The van der Waals surface area contributed by atoms with Crippen molar-refractivity contribution in [2.75, 3.05) is 23.7 Å². The summed E-state index contributed by atoms with van der Waals surface area (Å²) in [6, 6.07) is 1.82. The Morgan fingerprint density at radius 3 is 1.43 bits per heavy atom. The molecule has 0 saturated carbocycles. The number of carbonyl (C=O) groups excluding carboxylic acids is 2. The molecular weight excluding hydrogens is 370 g/mol. The molecular formula is C20H20F2N2O4. The van der Waals surface area contributed by atoms with Crippen LogP contribution in [0.3, 0.4) is 0 Å². The SMILES string of the molecule is CCCNc1cc(F)c(O)c2c1C(=O)c1c(O)c(F)cc(NCCC)c1C2=O. The van der Waals surface area contributed by atoms with Crippen LogP contribution in [0.5, 0.6) is 11.5 Å². The highest BCUT2D eigenvalue weighted by Gasteiger charge is 2.40. The van der Waals surface area contributed by atoms with E-state index in [0.29, 0.717) is 25.9 Å². The Morgan fingerprint density at radius 2 is 1.11 bits per heavy atom. The van der Waals surface area contributed by atoms with Crippen LogP contribution in [-0.2, 0) is 0 Å². The highest BCUT2D eigenvalue weighted by Crippen LogP contribution is 2.44. The van der Waals surface area contributed by atoms with Crippen LogP contribution in [-0.4, -0.2) is 34.9 Å². The molecule has 0 aliphatic heterocycles. The fourth-order valence-electron chi connectivity index (χ4n) is 3.24. The molecule has 1 aliphatic rings. The summed E-state index contributed by atoms with van der Waals surface area (Å²) in [5, 5.41) is 26.0. The second-order valence-corrected chi connectivity index (χ2v) is 6.52. The molecule has 1 aliphatic carbocycles. The largest absolute Gasteiger partial charge is 0.504 e. The van der Waals surface area contributed by atoms with Crippen LogP contribution >= 0.6 is 0 Å². The van der Waals surface area contributed by atoms with Gasteiger partial charge in [-0.1, -0.05) is 13.8 Å². The normalized spacial score (nSPS) is 12.6. The van der Waals surface area contributed by atoms with E-state index in [1.807, 2.05) is 13.8 Å². The highest BCUT2D eigenvalue weighted by atomic mass is 19.1. The zero-order chi connectivity index (χ0) is 20.6. The molecule has 2 aromatic carbocycles. The molecule has 0 fully saturated rings. The molecule has 0 bridgehead atoms. The number of ketones is 2. The van der Waals surface area contributed by atoms with E-state index in [-0.39, 0.29) is 22.5 Å². The average molecular weight is 390 g/mol. The Balaban J connectivity index is 2.32. The van der Waals surface area contributed by atoms with Crippen LogP contribution in [0.15, 0.2) is 12.1 Å². The van der Waals surface area contributed by atoms with Crippen molar-refractivity contribution in [3.8, 4) is 11.5 Å². The van der Waals surface area contributed by atoms with E-state index in [0.717, 1.165) is 12.1 Å². The lowest BCUT2D eigenvalue weighted by Crippen LogP contribution is -2.25. The molecule has 6 nitrogen and oxygen atoms in total. The number of fused-ring (bicyclic) bond motifs is 2. The lowest BCUT2D eigenvalue weighted by molar-refractivity contribution is 0.0974. The number of aromatic hydroxyl groups is 2. The van der Waals surface area contributed by atoms with Crippen LogP contribution in [0.4, 0.5) is 20.2 Å². The zero-order valence-electron chi connectivity index (χ0n) is 15.4. The van der Waals surface area contributed by atoms with Crippen LogP contribution < -0.4 is 10.6 Å². The standard InChI is InChI=1S/C20H20F2N2O4/c1-3-5-23-11-7-9(21)17(25)15-13(11)19(27)16-14(20(15)28)12(24-6-4-2)8-10(22)18(16)26/h7-8,23-26H,3-6H2,1-2H3. The van der Waals surface area contributed by atoms with E-state index in [4.69, 9.17) is 0 Å². The van der Waals surface area contributed by atoms with E-state index < -0.39 is 45.8 Å². The van der Waals surface area contributed by atoms with Gasteiger partial charge in [-0.05, 0) is 12.8 Å². The minimum atomic E-state index is -1.06. The number of hydrogen-bond acceptors (Lipinski definition) is 6. The van der Waals surface area contributed by atoms with Crippen molar-refractivity contribution in [1.29, 1.82) is 0 Å². The van der Waals surface area contributed by atoms with Gasteiger partial charge >= 0.3 is 0 Å². The number of carbonyl (C=O) groups is 2. The lowest BCUT2D eigenvalue weighted by atomic mass is 9.81. The number of rotatable bonds is 6. The Labute approximate surface area is 160 Å². The summed E-state index contributed by atoms with van der Waals surface area (Å²) in [6.45, 7) is 4.46. The van der Waals surface area contributed by atoms with E-state index in [2.05, 4.69) is 10.6 Å². The number of nitrogens with one attached hydrogen (secondary N) is 2. The smallest absolute Gasteiger partial charge is 0.200 e. The maximum absolute atomic E-state index is 14.2. The molecule has 148 valence electrons. The average Bonchev–Trinajstić information content (AvgIpc) is 2.67. The Kier molecular flexibility index (Phi) is 5.22. The fraction of sp³-hybridized carbons (Fsp3) is 0.300. The first kappa shape index (κ1) is 19.6. The summed E-state index contributed by atoms with van der Waals surface area (Å²) in [5.74, 6) is -5.75. The van der Waals surface area contributed by atoms with Gasteiger partial charge in [-0.25, -0.2) is 8.78 Å². The zero-order valence-corrected chi connectivity index (χ0v) is 15.4. The van der Waals surface area contributed by atoms with E-state index in [1.165, 1.54) is 0 Å². The first-order valence-corrected chi connectivity index (χ1v) is 9.01. The fourth-order valence-corrected chi connectivity index (χ4v) is 3.24. The van der Waals surface area contributed by atoms with E-state index >= 15 is 0 Å². The summed E-state index contributed by atoms with van der Waals surface area (Å²) < 4.78 is 28.5. The van der Waals surface area contributed by atoms with Crippen molar-refractivity contribution in [3.05, 3.63) is 46.0 Å². The molecule has 3 rings (SSSR count). The molecule has 0 spiro atoms. The number of phenols is 2. The topological polar surface area (TPSA) is 98.7 Å². The second kappa shape index (κ2) is 7.46. The molecule has 0 amide bonds. The van der Waals surface area contributed by atoms with E-state index in [1.54, 1.807) is 0 Å². The minimum absolute atomic E-state index is 0.00267. The molecule has 4 N–H and O–H groups in total. The first-order valence-electron chi connectivity index (χ1n) is 9.01. The van der Waals surface area contributed by atoms with Gasteiger partial charge in [-0.15, -0.1) is 0 Å². The molecule has 28 heavy (non-hydrogen) atoms. The molecule has 8 heteroatoms. The maximum atomic E-state index is 14.2. The number of hydrogen-bond donors (Lipinski definition) is 4. The van der Waals surface area contributed by atoms with Gasteiger partial charge in [0.15, 0.2) is 23.1 Å². The number of anilines is 2. The third-order valence-corrected chi connectivity index (χ3v) is 4.55. The molecule has 0 saturated heterocycles.